The second-order valence-electron chi connectivity index (χ2n) is 7.20. The molecular weight excluding hydrogens is 368 g/mol. The van der Waals surface area contributed by atoms with Gasteiger partial charge in [0.15, 0.2) is 0 Å². The molecule has 0 saturated carbocycles. The Labute approximate surface area is 170 Å². The molecule has 1 saturated heterocycles. The Balaban J connectivity index is 1.67. The number of esters is 1. The molecule has 1 aliphatic heterocycles. The SMILES string of the molecule is CCCCc1ccc(N2CC(C(=O)Nc3ccccc3C(=O)OC)CC2=O)cc1. The van der Waals surface area contributed by atoms with Crippen molar-refractivity contribution in [2.24, 2.45) is 5.92 Å². The summed E-state index contributed by atoms with van der Waals surface area (Å²) in [4.78, 5) is 38.8. The number of carbonyl (C=O) groups is 3. The molecule has 1 aliphatic rings. The Morgan fingerprint density at radius 1 is 1.14 bits per heavy atom. The van der Waals surface area contributed by atoms with Crippen molar-refractivity contribution in [2.75, 3.05) is 23.9 Å². The van der Waals surface area contributed by atoms with Crippen LogP contribution in [0.2, 0.25) is 0 Å². The largest absolute Gasteiger partial charge is 0.465 e. The fourth-order valence-electron chi connectivity index (χ4n) is 3.47. The highest BCUT2D eigenvalue weighted by molar-refractivity contribution is 6.06. The maximum atomic E-state index is 12.7. The van der Waals surface area contributed by atoms with Gasteiger partial charge in [0.1, 0.15) is 0 Å². The van der Waals surface area contributed by atoms with Crippen LogP contribution in [0.5, 0.6) is 0 Å². The first-order valence-electron chi connectivity index (χ1n) is 9.91. The smallest absolute Gasteiger partial charge is 0.339 e. The van der Waals surface area contributed by atoms with Gasteiger partial charge in [0.2, 0.25) is 11.8 Å². The van der Waals surface area contributed by atoms with Crippen LogP contribution >= 0.6 is 0 Å². The molecule has 0 bridgehead atoms. The Hall–Kier alpha value is -3.15. The van der Waals surface area contributed by atoms with Crippen molar-refractivity contribution in [1.82, 2.24) is 0 Å². The van der Waals surface area contributed by atoms with E-state index in [4.69, 9.17) is 4.74 Å². The number of unbranched alkanes of at least 4 members (excludes halogenated alkanes) is 1. The summed E-state index contributed by atoms with van der Waals surface area (Å²) in [5.41, 5.74) is 2.72. The number of para-hydroxylation sites is 1. The molecule has 29 heavy (non-hydrogen) atoms. The third-order valence-electron chi connectivity index (χ3n) is 5.15. The Morgan fingerprint density at radius 3 is 2.55 bits per heavy atom. The van der Waals surface area contributed by atoms with E-state index in [0.717, 1.165) is 24.9 Å². The molecule has 1 N–H and O–H groups in total. The number of carbonyl (C=O) groups excluding carboxylic acids is 3. The number of hydrogen-bond donors (Lipinski definition) is 1. The van der Waals surface area contributed by atoms with Crippen molar-refractivity contribution in [3.05, 3.63) is 59.7 Å². The van der Waals surface area contributed by atoms with Crippen molar-refractivity contribution >= 4 is 29.2 Å². The van der Waals surface area contributed by atoms with Crippen LogP contribution < -0.4 is 10.2 Å². The fraction of sp³-hybridized carbons (Fsp3) is 0.348. The van der Waals surface area contributed by atoms with E-state index in [9.17, 15) is 14.4 Å². The van der Waals surface area contributed by atoms with Gasteiger partial charge in [-0.05, 0) is 42.7 Å². The summed E-state index contributed by atoms with van der Waals surface area (Å²) < 4.78 is 4.76. The van der Waals surface area contributed by atoms with E-state index in [2.05, 4.69) is 12.2 Å². The summed E-state index contributed by atoms with van der Waals surface area (Å²) in [6.07, 6.45) is 3.44. The van der Waals surface area contributed by atoms with Gasteiger partial charge in [-0.1, -0.05) is 37.6 Å². The number of nitrogens with one attached hydrogen (secondary N) is 1. The monoisotopic (exact) mass is 394 g/mol. The first-order chi connectivity index (χ1) is 14.0. The minimum Gasteiger partial charge on any atom is -0.465 e. The van der Waals surface area contributed by atoms with Crippen LogP contribution in [-0.2, 0) is 20.7 Å². The zero-order chi connectivity index (χ0) is 20.8. The van der Waals surface area contributed by atoms with Crippen molar-refractivity contribution < 1.29 is 19.1 Å². The van der Waals surface area contributed by atoms with Crippen molar-refractivity contribution in [2.45, 2.75) is 32.6 Å². The normalized spacial score (nSPS) is 16.0. The van der Waals surface area contributed by atoms with Gasteiger partial charge in [0, 0.05) is 18.7 Å². The standard InChI is InChI=1S/C23H26N2O4/c1-3-4-7-16-10-12-18(13-11-16)25-15-17(14-21(25)26)22(27)24-20-9-6-5-8-19(20)23(28)29-2/h5-6,8-13,17H,3-4,7,14-15H2,1-2H3,(H,24,27). The van der Waals surface area contributed by atoms with Gasteiger partial charge >= 0.3 is 5.97 Å². The highest BCUT2D eigenvalue weighted by Crippen LogP contribution is 2.27. The summed E-state index contributed by atoms with van der Waals surface area (Å²) in [7, 11) is 1.29. The first kappa shape index (κ1) is 20.6. The second kappa shape index (κ2) is 9.37. The summed E-state index contributed by atoms with van der Waals surface area (Å²) in [6.45, 7) is 2.48. The van der Waals surface area contributed by atoms with Crippen LogP contribution in [0, 0.1) is 5.92 Å². The number of methoxy groups -OCH3 is 1. The van der Waals surface area contributed by atoms with Gasteiger partial charge in [0.05, 0.1) is 24.3 Å². The molecule has 6 heteroatoms. The van der Waals surface area contributed by atoms with E-state index in [-0.39, 0.29) is 23.8 Å². The Kier molecular flexibility index (Phi) is 6.65. The summed E-state index contributed by atoms with van der Waals surface area (Å²) in [5.74, 6) is -1.36. The van der Waals surface area contributed by atoms with Crippen LogP contribution in [0.4, 0.5) is 11.4 Å². The summed E-state index contributed by atoms with van der Waals surface area (Å²) in [6, 6.07) is 14.6. The predicted octanol–water partition coefficient (Wildman–Crippen LogP) is 3.81. The van der Waals surface area contributed by atoms with Gasteiger partial charge in [-0.15, -0.1) is 0 Å². The fourth-order valence-corrected chi connectivity index (χ4v) is 3.47. The number of benzene rings is 2. The quantitative estimate of drug-likeness (QED) is 0.725. The van der Waals surface area contributed by atoms with E-state index in [0.29, 0.717) is 12.2 Å². The molecule has 2 aromatic rings. The maximum Gasteiger partial charge on any atom is 0.339 e. The number of amides is 2. The lowest BCUT2D eigenvalue weighted by Gasteiger charge is -2.17. The number of rotatable bonds is 7. The number of nitrogens with zero attached hydrogens (tertiary/aromatic N) is 1. The molecule has 1 atom stereocenters. The number of aryl methyl sites for hydroxylation is 1. The average Bonchev–Trinajstić information content (AvgIpc) is 3.14. The van der Waals surface area contributed by atoms with E-state index in [1.165, 1.54) is 12.7 Å². The van der Waals surface area contributed by atoms with Gasteiger partial charge in [-0.2, -0.15) is 0 Å². The minimum atomic E-state index is -0.520. The molecule has 152 valence electrons. The third-order valence-corrected chi connectivity index (χ3v) is 5.15. The molecular formula is C23H26N2O4. The van der Waals surface area contributed by atoms with Crippen LogP contribution in [0.15, 0.2) is 48.5 Å². The molecule has 1 unspecified atom stereocenters. The topological polar surface area (TPSA) is 75.7 Å². The van der Waals surface area contributed by atoms with E-state index < -0.39 is 11.9 Å². The molecule has 1 heterocycles. The number of ether oxygens (including phenoxy) is 1. The number of anilines is 2. The molecule has 0 radical (unpaired) electrons. The first-order valence-corrected chi connectivity index (χ1v) is 9.91. The summed E-state index contributed by atoms with van der Waals surface area (Å²) in [5, 5.41) is 2.77. The second-order valence-corrected chi connectivity index (χ2v) is 7.20. The van der Waals surface area contributed by atoms with E-state index >= 15 is 0 Å². The van der Waals surface area contributed by atoms with E-state index in [1.54, 1.807) is 29.2 Å². The highest BCUT2D eigenvalue weighted by atomic mass is 16.5. The molecule has 2 amide bonds. The highest BCUT2D eigenvalue weighted by Gasteiger charge is 2.35. The van der Waals surface area contributed by atoms with Gasteiger partial charge in [0.25, 0.3) is 0 Å². The summed E-state index contributed by atoms with van der Waals surface area (Å²) >= 11 is 0. The van der Waals surface area contributed by atoms with Crippen LogP contribution in [-0.4, -0.2) is 31.4 Å². The van der Waals surface area contributed by atoms with Gasteiger partial charge < -0.3 is 15.0 Å². The Bertz CT molecular complexity index is 892. The lowest BCUT2D eigenvalue weighted by atomic mass is 10.1. The lowest BCUT2D eigenvalue weighted by Crippen LogP contribution is -2.28. The maximum absolute atomic E-state index is 12.7. The molecule has 0 spiro atoms. The zero-order valence-electron chi connectivity index (χ0n) is 16.8. The van der Waals surface area contributed by atoms with E-state index in [1.807, 2.05) is 24.3 Å². The third kappa shape index (κ3) is 4.83. The molecule has 3 rings (SSSR count). The zero-order valence-corrected chi connectivity index (χ0v) is 16.8. The molecule has 2 aromatic carbocycles. The molecule has 0 aromatic heterocycles. The predicted molar refractivity (Wildman–Crippen MR) is 112 cm³/mol. The van der Waals surface area contributed by atoms with Crippen molar-refractivity contribution in [1.29, 1.82) is 0 Å². The van der Waals surface area contributed by atoms with Crippen LogP contribution in [0.3, 0.4) is 0 Å². The molecule has 0 aliphatic carbocycles. The van der Waals surface area contributed by atoms with Gasteiger partial charge in [-0.3, -0.25) is 9.59 Å². The van der Waals surface area contributed by atoms with Crippen LogP contribution in [0.25, 0.3) is 0 Å². The lowest BCUT2D eigenvalue weighted by molar-refractivity contribution is -0.122. The minimum absolute atomic E-state index is 0.0762. The van der Waals surface area contributed by atoms with Crippen LogP contribution in [0.1, 0.15) is 42.1 Å². The van der Waals surface area contributed by atoms with Crippen molar-refractivity contribution in [3.8, 4) is 0 Å². The Morgan fingerprint density at radius 2 is 1.86 bits per heavy atom. The molecule has 1 fully saturated rings. The number of hydrogen-bond acceptors (Lipinski definition) is 4. The van der Waals surface area contributed by atoms with Gasteiger partial charge in [-0.25, -0.2) is 4.79 Å². The van der Waals surface area contributed by atoms with Crippen molar-refractivity contribution in [3.63, 3.8) is 0 Å². The molecule has 6 nitrogen and oxygen atoms in total. The average molecular weight is 394 g/mol.